The lowest BCUT2D eigenvalue weighted by Crippen LogP contribution is -2.35. The highest BCUT2D eigenvalue weighted by molar-refractivity contribution is 7.99. The van der Waals surface area contributed by atoms with Crippen LogP contribution in [-0.4, -0.2) is 56.9 Å². The number of rotatable bonds is 8. The first-order valence-corrected chi connectivity index (χ1v) is 11.2. The SMILES string of the molecule is Cc1nnc(SCC(=O)NCCC(=O)N2CCCCCC2)n1Cc1ccccc1. The number of carbonyl (C=O) groups is 2. The molecular weight excluding hydrogens is 386 g/mol. The van der Waals surface area contributed by atoms with Crippen LogP contribution in [0, 0.1) is 6.92 Å². The summed E-state index contributed by atoms with van der Waals surface area (Å²) in [6.45, 7) is 4.66. The number of benzene rings is 1. The highest BCUT2D eigenvalue weighted by atomic mass is 32.2. The third kappa shape index (κ3) is 6.59. The van der Waals surface area contributed by atoms with E-state index >= 15 is 0 Å². The molecule has 7 nitrogen and oxygen atoms in total. The van der Waals surface area contributed by atoms with Gasteiger partial charge in [0.15, 0.2) is 5.16 Å². The van der Waals surface area contributed by atoms with Gasteiger partial charge in [-0.05, 0) is 25.3 Å². The Hall–Kier alpha value is -2.35. The minimum absolute atomic E-state index is 0.0921. The van der Waals surface area contributed by atoms with Crippen molar-refractivity contribution in [3.63, 3.8) is 0 Å². The van der Waals surface area contributed by atoms with Crippen LogP contribution in [0.15, 0.2) is 35.5 Å². The van der Waals surface area contributed by atoms with Crippen LogP contribution in [-0.2, 0) is 16.1 Å². The van der Waals surface area contributed by atoms with Crippen molar-refractivity contribution in [2.45, 2.75) is 50.7 Å². The van der Waals surface area contributed by atoms with Crippen molar-refractivity contribution < 1.29 is 9.59 Å². The van der Waals surface area contributed by atoms with Crippen LogP contribution >= 0.6 is 11.8 Å². The van der Waals surface area contributed by atoms with Crippen molar-refractivity contribution in [2.75, 3.05) is 25.4 Å². The number of amides is 2. The van der Waals surface area contributed by atoms with E-state index in [-0.39, 0.29) is 17.6 Å². The van der Waals surface area contributed by atoms with E-state index in [0.29, 0.717) is 19.5 Å². The Kier molecular flexibility index (Phi) is 8.10. The summed E-state index contributed by atoms with van der Waals surface area (Å²) in [7, 11) is 0. The van der Waals surface area contributed by atoms with Gasteiger partial charge < -0.3 is 14.8 Å². The van der Waals surface area contributed by atoms with Crippen molar-refractivity contribution in [2.24, 2.45) is 0 Å². The van der Waals surface area contributed by atoms with Crippen molar-refractivity contribution >= 4 is 23.6 Å². The van der Waals surface area contributed by atoms with Gasteiger partial charge in [0.05, 0.1) is 12.3 Å². The maximum absolute atomic E-state index is 12.3. The quantitative estimate of drug-likeness (QED) is 0.671. The van der Waals surface area contributed by atoms with Gasteiger partial charge in [-0.25, -0.2) is 0 Å². The average Bonchev–Trinajstić information content (AvgIpc) is 2.92. The molecule has 0 radical (unpaired) electrons. The molecule has 29 heavy (non-hydrogen) atoms. The Balaban J connectivity index is 1.42. The van der Waals surface area contributed by atoms with E-state index in [0.717, 1.165) is 42.5 Å². The molecule has 1 saturated heterocycles. The van der Waals surface area contributed by atoms with Gasteiger partial charge in [0.1, 0.15) is 5.82 Å². The third-order valence-corrected chi connectivity index (χ3v) is 6.00. The first kappa shape index (κ1) is 21.4. The van der Waals surface area contributed by atoms with Gasteiger partial charge in [0.2, 0.25) is 11.8 Å². The fourth-order valence-electron chi connectivity index (χ4n) is 3.38. The molecule has 1 aromatic heterocycles. The molecule has 1 aromatic carbocycles. The molecule has 0 spiro atoms. The molecule has 8 heteroatoms. The summed E-state index contributed by atoms with van der Waals surface area (Å²) in [6, 6.07) is 10.1. The fourth-order valence-corrected chi connectivity index (χ4v) is 4.20. The van der Waals surface area contributed by atoms with Crippen LogP contribution in [0.1, 0.15) is 43.5 Å². The van der Waals surface area contributed by atoms with Crippen molar-refractivity contribution in [3.8, 4) is 0 Å². The largest absolute Gasteiger partial charge is 0.355 e. The molecule has 0 unspecified atom stereocenters. The highest BCUT2D eigenvalue weighted by Crippen LogP contribution is 2.18. The summed E-state index contributed by atoms with van der Waals surface area (Å²) in [4.78, 5) is 26.4. The number of aromatic nitrogens is 3. The number of thioether (sulfide) groups is 1. The van der Waals surface area contributed by atoms with E-state index in [1.54, 1.807) is 0 Å². The summed E-state index contributed by atoms with van der Waals surface area (Å²) in [5, 5.41) is 11.9. The molecule has 3 rings (SSSR count). The van der Waals surface area contributed by atoms with Crippen molar-refractivity contribution in [1.82, 2.24) is 25.0 Å². The fraction of sp³-hybridized carbons (Fsp3) is 0.524. The van der Waals surface area contributed by atoms with Crippen molar-refractivity contribution in [1.29, 1.82) is 0 Å². The summed E-state index contributed by atoms with van der Waals surface area (Å²) in [5.41, 5.74) is 1.16. The summed E-state index contributed by atoms with van der Waals surface area (Å²) in [6.07, 6.45) is 4.92. The van der Waals surface area contributed by atoms with E-state index in [4.69, 9.17) is 0 Å². The Labute approximate surface area is 176 Å². The van der Waals surface area contributed by atoms with Gasteiger partial charge >= 0.3 is 0 Å². The topological polar surface area (TPSA) is 80.1 Å². The number of likely N-dealkylation sites (tertiary alicyclic amines) is 1. The van der Waals surface area contributed by atoms with E-state index in [2.05, 4.69) is 27.6 Å². The Morgan fingerprint density at radius 1 is 1.07 bits per heavy atom. The molecule has 1 fully saturated rings. The van der Waals surface area contributed by atoms with Gasteiger partial charge in [-0.15, -0.1) is 10.2 Å². The summed E-state index contributed by atoms with van der Waals surface area (Å²) < 4.78 is 2.01. The summed E-state index contributed by atoms with van der Waals surface area (Å²) in [5.74, 6) is 1.12. The molecule has 0 bridgehead atoms. The smallest absolute Gasteiger partial charge is 0.230 e. The first-order chi connectivity index (χ1) is 14.1. The lowest BCUT2D eigenvalue weighted by molar-refractivity contribution is -0.131. The van der Waals surface area contributed by atoms with Crippen LogP contribution in [0.25, 0.3) is 0 Å². The van der Waals surface area contributed by atoms with E-state index < -0.39 is 0 Å². The molecule has 2 heterocycles. The van der Waals surface area contributed by atoms with Crippen LogP contribution in [0.4, 0.5) is 0 Å². The number of nitrogens with one attached hydrogen (secondary N) is 1. The van der Waals surface area contributed by atoms with Crippen LogP contribution in [0.2, 0.25) is 0 Å². The zero-order valence-electron chi connectivity index (χ0n) is 17.0. The average molecular weight is 416 g/mol. The minimum Gasteiger partial charge on any atom is -0.355 e. The monoisotopic (exact) mass is 415 g/mol. The number of hydrogen-bond donors (Lipinski definition) is 1. The Morgan fingerprint density at radius 3 is 2.52 bits per heavy atom. The molecule has 2 aromatic rings. The van der Waals surface area contributed by atoms with Crippen LogP contribution in [0.5, 0.6) is 0 Å². The minimum atomic E-state index is -0.0921. The highest BCUT2D eigenvalue weighted by Gasteiger charge is 2.16. The Morgan fingerprint density at radius 2 is 1.79 bits per heavy atom. The molecule has 0 atom stereocenters. The number of aryl methyl sites for hydroxylation is 1. The first-order valence-electron chi connectivity index (χ1n) is 10.2. The number of carbonyl (C=O) groups excluding carboxylic acids is 2. The van der Waals surface area contributed by atoms with Gasteiger partial charge in [-0.3, -0.25) is 9.59 Å². The van der Waals surface area contributed by atoms with E-state index in [9.17, 15) is 9.59 Å². The van der Waals surface area contributed by atoms with Crippen LogP contribution in [0.3, 0.4) is 0 Å². The molecule has 1 aliphatic heterocycles. The molecule has 156 valence electrons. The second-order valence-electron chi connectivity index (χ2n) is 7.29. The van der Waals surface area contributed by atoms with E-state index in [1.165, 1.54) is 24.6 Å². The second kappa shape index (κ2) is 11.0. The molecule has 2 amide bonds. The zero-order valence-corrected chi connectivity index (χ0v) is 17.8. The summed E-state index contributed by atoms with van der Waals surface area (Å²) >= 11 is 1.37. The lowest BCUT2D eigenvalue weighted by atomic mass is 10.2. The predicted molar refractivity (Wildman–Crippen MR) is 114 cm³/mol. The zero-order chi connectivity index (χ0) is 20.5. The molecule has 1 aliphatic rings. The van der Waals surface area contributed by atoms with Crippen molar-refractivity contribution in [3.05, 3.63) is 41.7 Å². The predicted octanol–water partition coefficient (Wildman–Crippen LogP) is 2.64. The molecule has 0 aliphatic carbocycles. The standard InChI is InChI=1S/C21H29N5O2S/c1-17-23-24-21(26(17)15-18-9-5-4-6-10-18)29-16-19(27)22-12-11-20(28)25-13-7-2-3-8-14-25/h4-6,9-10H,2-3,7-8,11-16H2,1H3,(H,22,27). The second-order valence-corrected chi connectivity index (χ2v) is 8.23. The maximum atomic E-state index is 12.3. The van der Waals surface area contributed by atoms with Crippen LogP contribution < -0.4 is 5.32 Å². The van der Waals surface area contributed by atoms with Gasteiger partial charge in [-0.1, -0.05) is 54.9 Å². The maximum Gasteiger partial charge on any atom is 0.230 e. The van der Waals surface area contributed by atoms with Gasteiger partial charge in [-0.2, -0.15) is 0 Å². The Bertz CT molecular complexity index is 801. The molecule has 0 saturated carbocycles. The number of hydrogen-bond acceptors (Lipinski definition) is 5. The van der Waals surface area contributed by atoms with Gasteiger partial charge in [0.25, 0.3) is 0 Å². The third-order valence-electron chi connectivity index (χ3n) is 5.04. The van der Waals surface area contributed by atoms with E-state index in [1.807, 2.05) is 34.6 Å². The molecule has 1 N–H and O–H groups in total. The normalized spacial score (nSPS) is 14.4. The van der Waals surface area contributed by atoms with Gasteiger partial charge in [0, 0.05) is 26.1 Å². The lowest BCUT2D eigenvalue weighted by Gasteiger charge is -2.20. The number of nitrogens with zero attached hydrogens (tertiary/aromatic N) is 4. The molecular formula is C21H29N5O2S.